The van der Waals surface area contributed by atoms with Crippen molar-refractivity contribution in [1.82, 2.24) is 10.1 Å². The number of anilines is 1. The fourth-order valence-corrected chi connectivity index (χ4v) is 1.83. The van der Waals surface area contributed by atoms with Gasteiger partial charge in [-0.25, -0.2) is 0 Å². The molecule has 1 heterocycles. The fraction of sp³-hybridized carbons (Fsp3) is 0.267. The number of nitrogens with one attached hydrogen (secondary N) is 1. The van der Waals surface area contributed by atoms with Gasteiger partial charge in [0.05, 0.1) is 13.0 Å². The third kappa shape index (κ3) is 4.34. The molecule has 0 fully saturated rings. The molecule has 0 saturated carbocycles. The average Bonchev–Trinajstić information content (AvgIpc) is 2.86. The predicted octanol–water partition coefficient (Wildman–Crippen LogP) is 1.33. The first-order valence-electron chi connectivity index (χ1n) is 6.69. The molecule has 7 nitrogen and oxygen atoms in total. The minimum Gasteiger partial charge on any atom is -0.508 e. The Bertz CT molecular complexity index is 664. The van der Waals surface area contributed by atoms with Gasteiger partial charge < -0.3 is 19.8 Å². The largest absolute Gasteiger partial charge is 0.508 e. The quantitative estimate of drug-likeness (QED) is 0.868. The molecule has 2 N–H and O–H groups in total. The number of aromatic nitrogens is 1. The number of carbonyl (C=O) groups is 2. The first-order chi connectivity index (χ1) is 10.4. The Labute approximate surface area is 127 Å². The molecule has 0 radical (unpaired) electrons. The zero-order valence-electron chi connectivity index (χ0n) is 12.4. The Morgan fingerprint density at radius 3 is 2.59 bits per heavy atom. The van der Waals surface area contributed by atoms with E-state index in [9.17, 15) is 14.7 Å². The molecule has 2 aromatic rings. The molecule has 0 saturated heterocycles. The van der Waals surface area contributed by atoms with Crippen LogP contribution in [-0.4, -0.2) is 40.6 Å². The molecule has 0 aliphatic rings. The maximum atomic E-state index is 12.0. The summed E-state index contributed by atoms with van der Waals surface area (Å²) in [5, 5.41) is 15.4. The summed E-state index contributed by atoms with van der Waals surface area (Å²) < 4.78 is 4.84. The summed E-state index contributed by atoms with van der Waals surface area (Å²) in [6, 6.07) is 7.96. The van der Waals surface area contributed by atoms with Crippen molar-refractivity contribution in [2.24, 2.45) is 0 Å². The van der Waals surface area contributed by atoms with E-state index >= 15 is 0 Å². The van der Waals surface area contributed by atoms with E-state index in [2.05, 4.69) is 10.5 Å². The number of aromatic hydroxyl groups is 1. The van der Waals surface area contributed by atoms with Crippen LogP contribution in [0.3, 0.4) is 0 Å². The number of phenols is 1. The van der Waals surface area contributed by atoms with Crippen LogP contribution in [0.2, 0.25) is 0 Å². The normalized spacial score (nSPS) is 10.3. The highest BCUT2D eigenvalue weighted by Crippen LogP contribution is 2.11. The van der Waals surface area contributed by atoms with Crippen molar-refractivity contribution in [3.05, 3.63) is 41.7 Å². The highest BCUT2D eigenvalue weighted by Gasteiger charge is 2.14. The number of benzene rings is 1. The van der Waals surface area contributed by atoms with Crippen molar-refractivity contribution >= 4 is 17.6 Å². The molecule has 1 aromatic carbocycles. The van der Waals surface area contributed by atoms with Gasteiger partial charge in [-0.05, 0) is 24.6 Å². The summed E-state index contributed by atoms with van der Waals surface area (Å²) in [5.74, 6) is 0.507. The number of likely N-dealkylation sites (N-methyl/N-ethyl adjacent to an activating group) is 1. The molecule has 0 aliphatic heterocycles. The second-order valence-electron chi connectivity index (χ2n) is 4.96. The minimum absolute atomic E-state index is 0.0805. The van der Waals surface area contributed by atoms with Crippen LogP contribution in [0.1, 0.15) is 11.3 Å². The highest BCUT2D eigenvalue weighted by atomic mass is 16.5. The van der Waals surface area contributed by atoms with Crippen molar-refractivity contribution in [3.8, 4) is 5.75 Å². The van der Waals surface area contributed by atoms with Gasteiger partial charge in [0.15, 0.2) is 5.82 Å². The number of hydrogen-bond acceptors (Lipinski definition) is 5. The van der Waals surface area contributed by atoms with Gasteiger partial charge in [-0.2, -0.15) is 0 Å². The summed E-state index contributed by atoms with van der Waals surface area (Å²) in [6.07, 6.45) is 0.160. The van der Waals surface area contributed by atoms with Crippen molar-refractivity contribution in [2.45, 2.75) is 13.3 Å². The van der Waals surface area contributed by atoms with Gasteiger partial charge in [0, 0.05) is 13.1 Å². The fourth-order valence-electron chi connectivity index (χ4n) is 1.83. The van der Waals surface area contributed by atoms with Crippen LogP contribution in [0, 0.1) is 6.92 Å². The van der Waals surface area contributed by atoms with Crippen molar-refractivity contribution < 1.29 is 19.2 Å². The monoisotopic (exact) mass is 303 g/mol. The number of hydrogen-bond donors (Lipinski definition) is 2. The van der Waals surface area contributed by atoms with Crippen LogP contribution < -0.4 is 5.32 Å². The molecule has 2 rings (SSSR count). The van der Waals surface area contributed by atoms with E-state index in [0.29, 0.717) is 11.6 Å². The summed E-state index contributed by atoms with van der Waals surface area (Å²) in [7, 11) is 1.55. The Morgan fingerprint density at radius 2 is 2.00 bits per heavy atom. The smallest absolute Gasteiger partial charge is 0.245 e. The average molecular weight is 303 g/mol. The Balaban J connectivity index is 1.85. The summed E-state index contributed by atoms with van der Waals surface area (Å²) >= 11 is 0. The highest BCUT2D eigenvalue weighted by molar-refractivity contribution is 5.93. The van der Waals surface area contributed by atoms with Crippen molar-refractivity contribution in [1.29, 1.82) is 0 Å². The third-order valence-electron chi connectivity index (χ3n) is 2.99. The lowest BCUT2D eigenvalue weighted by atomic mass is 10.1. The lowest BCUT2D eigenvalue weighted by molar-refractivity contribution is -0.132. The number of phenolic OH excluding ortho intramolecular Hbond substituents is 1. The van der Waals surface area contributed by atoms with Gasteiger partial charge >= 0.3 is 0 Å². The van der Waals surface area contributed by atoms with Crippen LogP contribution in [0.15, 0.2) is 34.9 Å². The van der Waals surface area contributed by atoms with E-state index in [1.54, 1.807) is 32.2 Å². The molecular formula is C15H17N3O4. The third-order valence-corrected chi connectivity index (χ3v) is 2.99. The van der Waals surface area contributed by atoms with Crippen LogP contribution in [-0.2, 0) is 16.0 Å². The van der Waals surface area contributed by atoms with Gasteiger partial charge in [0.2, 0.25) is 11.8 Å². The van der Waals surface area contributed by atoms with Gasteiger partial charge in [-0.3, -0.25) is 9.59 Å². The predicted molar refractivity (Wildman–Crippen MR) is 79.3 cm³/mol. The Hall–Kier alpha value is -2.83. The number of nitrogens with zero attached hydrogens (tertiary/aromatic N) is 2. The minimum atomic E-state index is -0.352. The standard InChI is InChI=1S/C15H17N3O4/c1-10-7-13(17-22-10)16-14(20)9-18(2)15(21)8-11-3-5-12(19)6-4-11/h3-7,19H,8-9H2,1-2H3,(H,16,17,20). The second-order valence-corrected chi connectivity index (χ2v) is 4.96. The van der Waals surface area contributed by atoms with Crippen molar-refractivity contribution in [2.75, 3.05) is 18.9 Å². The molecule has 1 aromatic heterocycles. The van der Waals surface area contributed by atoms with Gasteiger partial charge in [-0.1, -0.05) is 17.3 Å². The van der Waals surface area contributed by atoms with E-state index in [4.69, 9.17) is 4.52 Å². The Kier molecular flexibility index (Phi) is 4.77. The number of amides is 2. The molecule has 0 spiro atoms. The van der Waals surface area contributed by atoms with E-state index in [1.165, 1.54) is 17.0 Å². The second kappa shape index (κ2) is 6.75. The molecule has 0 unspecified atom stereocenters. The van der Waals surface area contributed by atoms with Crippen LogP contribution in [0.5, 0.6) is 5.75 Å². The Morgan fingerprint density at radius 1 is 1.32 bits per heavy atom. The number of rotatable bonds is 5. The lowest BCUT2D eigenvalue weighted by Gasteiger charge is -2.16. The van der Waals surface area contributed by atoms with E-state index in [1.807, 2.05) is 0 Å². The topological polar surface area (TPSA) is 95.7 Å². The van der Waals surface area contributed by atoms with Gasteiger partial charge in [0.25, 0.3) is 0 Å². The van der Waals surface area contributed by atoms with Crippen LogP contribution in [0.25, 0.3) is 0 Å². The molecule has 22 heavy (non-hydrogen) atoms. The zero-order chi connectivity index (χ0) is 16.1. The van der Waals surface area contributed by atoms with Crippen LogP contribution >= 0.6 is 0 Å². The summed E-state index contributed by atoms with van der Waals surface area (Å²) in [4.78, 5) is 25.2. The maximum Gasteiger partial charge on any atom is 0.245 e. The first kappa shape index (κ1) is 15.6. The molecular weight excluding hydrogens is 286 g/mol. The van der Waals surface area contributed by atoms with E-state index in [-0.39, 0.29) is 30.5 Å². The number of aryl methyl sites for hydroxylation is 1. The molecule has 2 amide bonds. The molecule has 0 bridgehead atoms. The zero-order valence-corrected chi connectivity index (χ0v) is 12.4. The van der Waals surface area contributed by atoms with Gasteiger partial charge in [0.1, 0.15) is 11.5 Å². The summed E-state index contributed by atoms with van der Waals surface area (Å²) in [5.41, 5.74) is 0.766. The lowest BCUT2D eigenvalue weighted by Crippen LogP contribution is -2.35. The van der Waals surface area contributed by atoms with Gasteiger partial charge in [-0.15, -0.1) is 0 Å². The molecule has 0 aliphatic carbocycles. The van der Waals surface area contributed by atoms with E-state index in [0.717, 1.165) is 5.56 Å². The maximum absolute atomic E-state index is 12.0. The van der Waals surface area contributed by atoms with Crippen LogP contribution in [0.4, 0.5) is 5.82 Å². The van der Waals surface area contributed by atoms with E-state index < -0.39 is 0 Å². The molecule has 7 heteroatoms. The summed E-state index contributed by atoms with van der Waals surface area (Å²) in [6.45, 7) is 1.64. The first-order valence-corrected chi connectivity index (χ1v) is 6.69. The molecule has 0 atom stereocenters. The van der Waals surface area contributed by atoms with Crippen molar-refractivity contribution in [3.63, 3.8) is 0 Å². The number of carbonyl (C=O) groups excluding carboxylic acids is 2. The molecule has 116 valence electrons. The SMILES string of the molecule is Cc1cc(NC(=O)CN(C)C(=O)Cc2ccc(O)cc2)no1.